The number of hydrogen-bond acceptors (Lipinski definition) is 6. The van der Waals surface area contributed by atoms with Crippen LogP contribution in [0.1, 0.15) is 47.3 Å². The number of nitrogens with one attached hydrogen (secondary N) is 1. The van der Waals surface area contributed by atoms with Gasteiger partial charge < -0.3 is 15.2 Å². The van der Waals surface area contributed by atoms with Crippen molar-refractivity contribution in [2.24, 2.45) is 0 Å². The van der Waals surface area contributed by atoms with Gasteiger partial charge in [-0.2, -0.15) is 13.2 Å². The van der Waals surface area contributed by atoms with Crippen LogP contribution in [0.5, 0.6) is 0 Å². The Kier molecular flexibility index (Phi) is 10.9. The molecule has 1 unspecified atom stereocenters. The molecule has 1 aromatic carbocycles. The zero-order valence-corrected chi connectivity index (χ0v) is 23.6. The highest BCUT2D eigenvalue weighted by molar-refractivity contribution is 7.12. The van der Waals surface area contributed by atoms with Gasteiger partial charge in [-0.3, -0.25) is 9.69 Å². The number of thiazole rings is 1. The monoisotopic (exact) mass is 587 g/mol. The molecule has 1 aromatic heterocycles. The summed E-state index contributed by atoms with van der Waals surface area (Å²) in [6.45, 7) is 7.97. The summed E-state index contributed by atoms with van der Waals surface area (Å²) in [5, 5.41) is 12.0. The highest BCUT2D eigenvalue weighted by Crippen LogP contribution is 2.34. The third-order valence-electron chi connectivity index (χ3n) is 6.76. The summed E-state index contributed by atoms with van der Waals surface area (Å²) in [6.07, 6.45) is 0.827. The molecule has 3 atom stereocenters. The fraction of sp³-hybridized carbons (Fsp3) is 0.519. The second kappa shape index (κ2) is 13.7. The van der Waals surface area contributed by atoms with Crippen LogP contribution < -0.4 is 5.32 Å². The first-order chi connectivity index (χ1) is 18.4. The van der Waals surface area contributed by atoms with Gasteiger partial charge in [-0.1, -0.05) is 29.8 Å². The van der Waals surface area contributed by atoms with Gasteiger partial charge in [0.1, 0.15) is 11.1 Å². The number of aromatic nitrogens is 1. The molecule has 1 aliphatic carbocycles. The van der Waals surface area contributed by atoms with Crippen LogP contribution in [0, 0.1) is 13.8 Å². The summed E-state index contributed by atoms with van der Waals surface area (Å²) in [4.78, 5) is 30.0. The summed E-state index contributed by atoms with van der Waals surface area (Å²) in [5.41, 5.74) is 3.74. The van der Waals surface area contributed by atoms with Gasteiger partial charge in [0.25, 0.3) is 0 Å². The van der Waals surface area contributed by atoms with E-state index in [2.05, 4.69) is 42.3 Å². The van der Waals surface area contributed by atoms with Crippen molar-refractivity contribution in [3.63, 3.8) is 0 Å². The summed E-state index contributed by atoms with van der Waals surface area (Å²) in [5.74, 6) is -2.77. The van der Waals surface area contributed by atoms with Gasteiger partial charge in [0.2, 0.25) is 5.91 Å². The molecule has 1 amide bonds. The van der Waals surface area contributed by atoms with Gasteiger partial charge in [0.15, 0.2) is 0 Å². The number of carboxylic acid groups (broad SMARTS) is 1. The van der Waals surface area contributed by atoms with Gasteiger partial charge in [0, 0.05) is 35.1 Å². The van der Waals surface area contributed by atoms with E-state index in [4.69, 9.17) is 31.2 Å². The number of alkyl halides is 3. The molecular weight excluding hydrogens is 555 g/mol. The molecule has 4 rings (SSSR count). The van der Waals surface area contributed by atoms with Crippen LogP contribution in [0.2, 0.25) is 5.02 Å². The molecule has 0 spiro atoms. The Morgan fingerprint density at radius 2 is 1.92 bits per heavy atom. The minimum Gasteiger partial charge on any atom is -0.475 e. The molecule has 2 aliphatic rings. The Balaban J connectivity index is 0.000000532. The molecule has 2 N–H and O–H groups in total. The van der Waals surface area contributed by atoms with E-state index < -0.39 is 18.2 Å². The number of ether oxygens (including phenoxy) is 1. The molecule has 2 aromatic rings. The largest absolute Gasteiger partial charge is 0.490 e. The number of nitrogens with zero attached hydrogens (tertiary/aromatic N) is 2. The van der Waals surface area contributed by atoms with Crippen LogP contribution in [0.3, 0.4) is 0 Å². The average Bonchev–Trinajstić information content (AvgIpc) is 3.23. The van der Waals surface area contributed by atoms with Gasteiger partial charge >= 0.3 is 12.1 Å². The predicted octanol–water partition coefficient (Wildman–Crippen LogP) is 5.43. The molecule has 7 nitrogen and oxygen atoms in total. The van der Waals surface area contributed by atoms with E-state index in [1.807, 2.05) is 19.1 Å². The summed E-state index contributed by atoms with van der Waals surface area (Å²) < 4.78 is 37.8. The fourth-order valence-corrected chi connectivity index (χ4v) is 5.71. The van der Waals surface area contributed by atoms with Crippen molar-refractivity contribution < 1.29 is 32.6 Å². The van der Waals surface area contributed by atoms with Crippen molar-refractivity contribution in [3.05, 3.63) is 56.5 Å². The molecule has 1 saturated heterocycles. The fourth-order valence-electron chi connectivity index (χ4n) is 4.60. The number of likely N-dealkylation sites (N-methyl/N-ethyl adjacent to an activating group) is 1. The van der Waals surface area contributed by atoms with Gasteiger partial charge in [0.05, 0.1) is 12.3 Å². The van der Waals surface area contributed by atoms with Crippen molar-refractivity contribution in [2.75, 3.05) is 19.7 Å². The lowest BCUT2D eigenvalue weighted by atomic mass is 9.91. The predicted molar refractivity (Wildman–Crippen MR) is 145 cm³/mol. The van der Waals surface area contributed by atoms with Crippen LogP contribution in [-0.2, 0) is 20.7 Å². The van der Waals surface area contributed by atoms with Crippen LogP contribution in [-0.4, -0.2) is 70.9 Å². The summed E-state index contributed by atoms with van der Waals surface area (Å²) in [7, 11) is 0. The van der Waals surface area contributed by atoms with Crippen LogP contribution in [0.4, 0.5) is 13.2 Å². The summed E-state index contributed by atoms with van der Waals surface area (Å²) in [6, 6.07) is 8.70. The van der Waals surface area contributed by atoms with E-state index in [-0.39, 0.29) is 11.9 Å². The maximum Gasteiger partial charge on any atom is 0.490 e. The number of allylic oxidation sites excluding steroid dienone is 1. The number of carboxylic acids is 1. The average molecular weight is 588 g/mol. The number of rotatable bonds is 6. The highest BCUT2D eigenvalue weighted by atomic mass is 35.5. The standard InChI is InChI=1S/C25H32ClN3O2S.C2HF3O2/c1-4-27-24(30)23-14-29(22(15-31-23)13-18-5-9-20(26)10-6-18)21-11-7-19(8-12-21)25-28-16(2)17(3)32-25;3-2(4,5)1(6)7/h5-7,9-10,21-23H,4,8,11-15H2,1-3H3,(H,27,30);(H,6,7)/t21?,22-,23+;/m0./s1. The summed E-state index contributed by atoms with van der Waals surface area (Å²) >= 11 is 7.87. The SMILES string of the molecule is CCNC(=O)[C@H]1CN(C2CC=C(c3nc(C)c(C)s3)CC2)[C@@H](Cc2ccc(Cl)cc2)CO1.O=C(O)C(F)(F)F. The number of amides is 1. The minimum absolute atomic E-state index is 0.0109. The second-order valence-corrected chi connectivity index (χ2v) is 11.2. The Hall–Kier alpha value is -2.47. The number of hydrogen-bond donors (Lipinski definition) is 2. The molecule has 0 saturated carbocycles. The first kappa shape index (κ1) is 31.1. The van der Waals surface area contributed by atoms with Crippen molar-refractivity contribution >= 4 is 40.4 Å². The molecular formula is C27H33ClF3N3O4S. The van der Waals surface area contributed by atoms with Crippen molar-refractivity contribution in [3.8, 4) is 0 Å². The second-order valence-electron chi connectivity index (χ2n) is 9.52. The van der Waals surface area contributed by atoms with Gasteiger partial charge in [-0.25, -0.2) is 9.78 Å². The van der Waals surface area contributed by atoms with E-state index in [1.54, 1.807) is 11.3 Å². The number of halogens is 4. The minimum atomic E-state index is -5.08. The third-order valence-corrected chi connectivity index (χ3v) is 8.16. The highest BCUT2D eigenvalue weighted by Gasteiger charge is 2.38. The van der Waals surface area contributed by atoms with Crippen molar-refractivity contribution in [1.29, 1.82) is 0 Å². The third kappa shape index (κ3) is 8.76. The Morgan fingerprint density at radius 1 is 1.26 bits per heavy atom. The molecule has 12 heteroatoms. The van der Waals surface area contributed by atoms with E-state index in [0.717, 1.165) is 36.4 Å². The van der Waals surface area contributed by atoms with Crippen molar-refractivity contribution in [1.82, 2.24) is 15.2 Å². The number of benzene rings is 1. The molecule has 1 fully saturated rings. The lowest BCUT2D eigenvalue weighted by Crippen LogP contribution is -2.58. The first-order valence-corrected chi connectivity index (χ1v) is 13.9. The number of aryl methyl sites for hydroxylation is 2. The normalized spacial score (nSPS) is 21.9. The Labute approximate surface area is 235 Å². The molecule has 214 valence electrons. The molecule has 39 heavy (non-hydrogen) atoms. The maximum absolute atomic E-state index is 12.5. The Bertz CT molecular complexity index is 1150. The maximum atomic E-state index is 12.5. The van der Waals surface area contributed by atoms with Gasteiger partial charge in [-0.15, -0.1) is 11.3 Å². The van der Waals surface area contributed by atoms with Crippen molar-refractivity contribution in [2.45, 2.75) is 70.8 Å². The lowest BCUT2D eigenvalue weighted by molar-refractivity contribution is -0.192. The number of aliphatic carboxylic acids is 1. The van der Waals surface area contributed by atoms with E-state index in [1.165, 1.54) is 21.0 Å². The smallest absolute Gasteiger partial charge is 0.475 e. The van der Waals surface area contributed by atoms with Crippen LogP contribution >= 0.6 is 22.9 Å². The zero-order valence-electron chi connectivity index (χ0n) is 22.1. The first-order valence-electron chi connectivity index (χ1n) is 12.7. The Morgan fingerprint density at radius 3 is 2.44 bits per heavy atom. The molecule has 0 radical (unpaired) electrons. The van der Waals surface area contributed by atoms with E-state index >= 15 is 0 Å². The van der Waals surface area contributed by atoms with E-state index in [9.17, 15) is 18.0 Å². The number of carbonyl (C=O) groups is 2. The van der Waals surface area contributed by atoms with Crippen LogP contribution in [0.25, 0.3) is 5.57 Å². The van der Waals surface area contributed by atoms with Crippen LogP contribution in [0.15, 0.2) is 30.3 Å². The number of carbonyl (C=O) groups excluding carboxylic acids is 1. The molecule has 0 bridgehead atoms. The number of morpholine rings is 1. The quantitative estimate of drug-likeness (QED) is 0.468. The lowest BCUT2D eigenvalue weighted by Gasteiger charge is -2.44. The zero-order chi connectivity index (χ0) is 28.7. The van der Waals surface area contributed by atoms with E-state index in [0.29, 0.717) is 25.7 Å². The van der Waals surface area contributed by atoms with Gasteiger partial charge in [-0.05, 0) is 69.7 Å². The topological polar surface area (TPSA) is 91.8 Å². The molecule has 2 heterocycles. The molecule has 1 aliphatic heterocycles.